The van der Waals surface area contributed by atoms with Crippen molar-refractivity contribution in [3.63, 3.8) is 0 Å². The molecule has 1 aromatic carbocycles. The molecule has 1 aliphatic carbocycles. The summed E-state index contributed by atoms with van der Waals surface area (Å²) in [5, 5.41) is 0. The second kappa shape index (κ2) is 3.79. The highest BCUT2D eigenvalue weighted by atomic mass is 19.3. The maximum absolute atomic E-state index is 13.1. The summed E-state index contributed by atoms with van der Waals surface area (Å²) >= 11 is 0. The van der Waals surface area contributed by atoms with Crippen LogP contribution in [0, 0.1) is 6.92 Å². The second-order valence-electron chi connectivity index (χ2n) is 4.60. The average molecular weight is 240 g/mol. The largest absolute Gasteiger partial charge is 0.468 e. The number of hydrogen-bond acceptors (Lipinski definition) is 2. The van der Waals surface area contributed by atoms with Crippen LogP contribution in [0.3, 0.4) is 0 Å². The molecule has 0 radical (unpaired) electrons. The number of halogens is 2. The van der Waals surface area contributed by atoms with Crippen molar-refractivity contribution < 1.29 is 18.3 Å². The summed E-state index contributed by atoms with van der Waals surface area (Å²) in [5.74, 6) is -3.34. The zero-order valence-corrected chi connectivity index (χ0v) is 9.80. The highest BCUT2D eigenvalue weighted by Crippen LogP contribution is 2.54. The normalized spacial score (nSPS) is 20.5. The minimum Gasteiger partial charge on any atom is -0.468 e. The van der Waals surface area contributed by atoms with E-state index >= 15 is 0 Å². The third-order valence-electron chi connectivity index (χ3n) is 3.36. The fraction of sp³-hybridized carbons (Fsp3) is 0.462. The van der Waals surface area contributed by atoms with Gasteiger partial charge in [0.15, 0.2) is 0 Å². The molecular weight excluding hydrogens is 226 g/mol. The number of aryl methyl sites for hydroxylation is 1. The van der Waals surface area contributed by atoms with E-state index in [-0.39, 0.29) is 0 Å². The standard InChI is InChI=1S/C13H14F2O2/c1-9-5-3-4-6-10(9)12(11(16)17-2)7-13(14,15)8-12/h3-6H,7-8H2,1-2H3. The van der Waals surface area contributed by atoms with Crippen LogP contribution in [0.4, 0.5) is 8.78 Å². The highest BCUT2D eigenvalue weighted by molar-refractivity contribution is 5.85. The third-order valence-corrected chi connectivity index (χ3v) is 3.36. The third kappa shape index (κ3) is 1.81. The van der Waals surface area contributed by atoms with Gasteiger partial charge in [0.25, 0.3) is 5.92 Å². The predicted octanol–water partition coefficient (Wildman–Crippen LogP) is 2.83. The monoisotopic (exact) mass is 240 g/mol. The summed E-state index contributed by atoms with van der Waals surface area (Å²) in [4.78, 5) is 11.8. The lowest BCUT2D eigenvalue weighted by molar-refractivity contribution is -0.177. The number of ether oxygens (including phenoxy) is 1. The Labute approximate surface area is 98.6 Å². The van der Waals surface area contributed by atoms with Gasteiger partial charge in [0.2, 0.25) is 0 Å². The molecule has 17 heavy (non-hydrogen) atoms. The molecule has 1 aromatic rings. The zero-order valence-electron chi connectivity index (χ0n) is 9.80. The van der Waals surface area contributed by atoms with Gasteiger partial charge >= 0.3 is 5.97 Å². The van der Waals surface area contributed by atoms with Crippen molar-refractivity contribution in [2.24, 2.45) is 0 Å². The van der Waals surface area contributed by atoms with E-state index < -0.39 is 30.1 Å². The first-order valence-corrected chi connectivity index (χ1v) is 5.44. The number of carbonyl (C=O) groups excluding carboxylic acids is 1. The van der Waals surface area contributed by atoms with E-state index in [1.54, 1.807) is 12.1 Å². The average Bonchev–Trinajstić information content (AvgIpc) is 2.25. The van der Waals surface area contributed by atoms with Crippen LogP contribution in [0.15, 0.2) is 24.3 Å². The molecule has 0 aliphatic heterocycles. The molecule has 0 atom stereocenters. The molecule has 4 heteroatoms. The first-order valence-electron chi connectivity index (χ1n) is 5.44. The first-order chi connectivity index (χ1) is 7.91. The van der Waals surface area contributed by atoms with Gasteiger partial charge in [-0.1, -0.05) is 24.3 Å². The van der Waals surface area contributed by atoms with Crippen LogP contribution < -0.4 is 0 Å². The number of alkyl halides is 2. The van der Waals surface area contributed by atoms with Crippen molar-refractivity contribution in [3.05, 3.63) is 35.4 Å². The van der Waals surface area contributed by atoms with Crippen LogP contribution in [-0.4, -0.2) is 19.0 Å². The number of hydrogen-bond donors (Lipinski definition) is 0. The van der Waals surface area contributed by atoms with Gasteiger partial charge in [-0.25, -0.2) is 8.78 Å². The van der Waals surface area contributed by atoms with E-state index in [4.69, 9.17) is 0 Å². The smallest absolute Gasteiger partial charge is 0.316 e. The number of methoxy groups -OCH3 is 1. The summed E-state index contributed by atoms with van der Waals surface area (Å²) < 4.78 is 31.0. The number of esters is 1. The lowest BCUT2D eigenvalue weighted by atomic mass is 9.61. The van der Waals surface area contributed by atoms with E-state index in [0.29, 0.717) is 5.56 Å². The molecule has 0 N–H and O–H groups in total. The Balaban J connectivity index is 2.44. The fourth-order valence-electron chi connectivity index (χ4n) is 2.58. The van der Waals surface area contributed by atoms with Crippen LogP contribution in [0.2, 0.25) is 0 Å². The summed E-state index contributed by atoms with van der Waals surface area (Å²) in [6, 6.07) is 7.11. The van der Waals surface area contributed by atoms with Crippen molar-refractivity contribution in [1.82, 2.24) is 0 Å². The van der Waals surface area contributed by atoms with Crippen LogP contribution in [0.1, 0.15) is 24.0 Å². The molecule has 0 heterocycles. The maximum Gasteiger partial charge on any atom is 0.316 e. The van der Waals surface area contributed by atoms with Crippen LogP contribution >= 0.6 is 0 Å². The molecule has 2 nitrogen and oxygen atoms in total. The Kier molecular flexibility index (Phi) is 2.68. The minimum absolute atomic E-state index is 0.461. The van der Waals surface area contributed by atoms with Gasteiger partial charge in [0, 0.05) is 12.8 Å². The molecule has 92 valence electrons. The van der Waals surface area contributed by atoms with Crippen molar-refractivity contribution in [2.75, 3.05) is 7.11 Å². The lowest BCUT2D eigenvalue weighted by Gasteiger charge is -2.45. The van der Waals surface area contributed by atoms with Gasteiger partial charge in [0.05, 0.1) is 7.11 Å². The van der Waals surface area contributed by atoms with Crippen molar-refractivity contribution in [1.29, 1.82) is 0 Å². The SMILES string of the molecule is COC(=O)C1(c2ccccc2C)CC(F)(F)C1. The summed E-state index contributed by atoms with van der Waals surface area (Å²) in [6.07, 6.45) is -0.922. The Hall–Kier alpha value is -1.45. The molecule has 0 saturated heterocycles. The van der Waals surface area contributed by atoms with Gasteiger partial charge in [0.1, 0.15) is 5.41 Å². The zero-order chi connectivity index (χ0) is 12.7. The topological polar surface area (TPSA) is 26.3 Å². The molecule has 0 unspecified atom stereocenters. The molecule has 1 fully saturated rings. The molecule has 0 bridgehead atoms. The molecule has 1 aliphatic rings. The first kappa shape index (κ1) is 12.0. The number of rotatable bonds is 2. The number of benzene rings is 1. The summed E-state index contributed by atoms with van der Waals surface area (Å²) in [6.45, 7) is 1.82. The Morgan fingerprint density at radius 2 is 1.88 bits per heavy atom. The number of carbonyl (C=O) groups is 1. The van der Waals surface area contributed by atoms with Gasteiger partial charge in [-0.15, -0.1) is 0 Å². The molecule has 0 spiro atoms. The van der Waals surface area contributed by atoms with E-state index in [1.165, 1.54) is 7.11 Å². The van der Waals surface area contributed by atoms with Crippen LogP contribution in [-0.2, 0) is 14.9 Å². The molecule has 0 aromatic heterocycles. The minimum atomic E-state index is -2.77. The van der Waals surface area contributed by atoms with Gasteiger partial charge < -0.3 is 4.74 Å². The Bertz CT molecular complexity index is 446. The van der Waals surface area contributed by atoms with E-state index in [0.717, 1.165) is 5.56 Å². The second-order valence-corrected chi connectivity index (χ2v) is 4.60. The molecule has 1 saturated carbocycles. The van der Waals surface area contributed by atoms with E-state index in [2.05, 4.69) is 4.74 Å². The Morgan fingerprint density at radius 1 is 1.29 bits per heavy atom. The van der Waals surface area contributed by atoms with E-state index in [9.17, 15) is 13.6 Å². The van der Waals surface area contributed by atoms with Crippen molar-refractivity contribution in [3.8, 4) is 0 Å². The van der Waals surface area contributed by atoms with Crippen molar-refractivity contribution in [2.45, 2.75) is 31.1 Å². The lowest BCUT2D eigenvalue weighted by Crippen LogP contribution is -2.55. The van der Waals surface area contributed by atoms with E-state index in [1.807, 2.05) is 19.1 Å². The summed E-state index contributed by atoms with van der Waals surface area (Å²) in [7, 11) is 1.23. The highest BCUT2D eigenvalue weighted by Gasteiger charge is 2.62. The molecule has 0 amide bonds. The quantitative estimate of drug-likeness (QED) is 0.743. The molecular formula is C13H14F2O2. The van der Waals surface area contributed by atoms with Gasteiger partial charge in [-0.3, -0.25) is 4.79 Å². The molecule has 2 rings (SSSR count). The Morgan fingerprint density at radius 3 is 2.35 bits per heavy atom. The van der Waals surface area contributed by atoms with Crippen molar-refractivity contribution >= 4 is 5.97 Å². The fourth-order valence-corrected chi connectivity index (χ4v) is 2.58. The van der Waals surface area contributed by atoms with Gasteiger partial charge in [-0.05, 0) is 18.1 Å². The van der Waals surface area contributed by atoms with Crippen LogP contribution in [0.25, 0.3) is 0 Å². The summed E-state index contributed by atoms with van der Waals surface area (Å²) in [5.41, 5.74) is 0.329. The van der Waals surface area contributed by atoms with Gasteiger partial charge in [-0.2, -0.15) is 0 Å². The maximum atomic E-state index is 13.1. The van der Waals surface area contributed by atoms with Crippen LogP contribution in [0.5, 0.6) is 0 Å². The predicted molar refractivity (Wildman–Crippen MR) is 59.1 cm³/mol.